The average Bonchev–Trinajstić information content (AvgIpc) is 2.73. The summed E-state index contributed by atoms with van der Waals surface area (Å²) in [6.45, 7) is 20.1. The highest BCUT2D eigenvalue weighted by Gasteiger charge is 2.23. The van der Waals surface area contributed by atoms with E-state index in [1.165, 1.54) is 33.5 Å². The van der Waals surface area contributed by atoms with Crippen molar-refractivity contribution in [2.75, 3.05) is 0 Å². The summed E-state index contributed by atoms with van der Waals surface area (Å²) < 4.78 is 2.17. The van der Waals surface area contributed by atoms with Crippen molar-refractivity contribution in [2.45, 2.75) is 80.2 Å². The molecule has 0 saturated heterocycles. The van der Waals surface area contributed by atoms with E-state index in [9.17, 15) is 0 Å². The summed E-state index contributed by atoms with van der Waals surface area (Å²) in [5.74, 6) is 1.01. The summed E-state index contributed by atoms with van der Waals surface area (Å²) in [4.78, 5) is 0. The lowest BCUT2D eigenvalue weighted by Gasteiger charge is -2.22. The minimum atomic E-state index is 0.387. The van der Waals surface area contributed by atoms with Gasteiger partial charge in [0.15, 0.2) is 0 Å². The molecule has 0 amide bonds. The number of hydrogen-bond donors (Lipinski definition) is 0. The molecule has 0 atom stereocenters. The Hall–Kier alpha value is -1.57. The molecule has 23 heavy (non-hydrogen) atoms. The number of rotatable bonds is 4. The van der Waals surface area contributed by atoms with Crippen molar-refractivity contribution in [3.63, 3.8) is 0 Å². The molecular weight excluding hydrogens is 280 g/mol. The van der Waals surface area contributed by atoms with E-state index < -0.39 is 0 Å². The first-order valence-corrected chi connectivity index (χ1v) is 8.85. The van der Waals surface area contributed by atoms with Gasteiger partial charge < -0.3 is 0 Å². The SMILES string of the molecule is Cc1cc(C(C)C)c(-c2c(C)nn(C(C)C)c2C)c(C(C)C)c1. The minimum Gasteiger partial charge on any atom is -0.266 e. The predicted octanol–water partition coefficient (Wildman–Crippen LogP) is 6.30. The van der Waals surface area contributed by atoms with Gasteiger partial charge in [-0.15, -0.1) is 0 Å². The van der Waals surface area contributed by atoms with Crippen LogP contribution in [0.5, 0.6) is 0 Å². The van der Waals surface area contributed by atoms with Crippen LogP contribution in [0.2, 0.25) is 0 Å². The van der Waals surface area contributed by atoms with Crippen molar-refractivity contribution in [1.29, 1.82) is 0 Å². The lowest BCUT2D eigenvalue weighted by Crippen LogP contribution is -2.06. The first kappa shape index (κ1) is 17.8. The summed E-state index contributed by atoms with van der Waals surface area (Å²) in [5.41, 5.74) is 9.43. The van der Waals surface area contributed by atoms with Crippen LogP contribution in [0.3, 0.4) is 0 Å². The van der Waals surface area contributed by atoms with E-state index in [0.29, 0.717) is 17.9 Å². The molecule has 0 aliphatic heterocycles. The quantitative estimate of drug-likeness (QED) is 0.647. The maximum Gasteiger partial charge on any atom is 0.0675 e. The largest absolute Gasteiger partial charge is 0.266 e. The second-order valence-electron chi connectivity index (χ2n) is 7.71. The van der Waals surface area contributed by atoms with E-state index >= 15 is 0 Å². The van der Waals surface area contributed by atoms with Crippen LogP contribution in [-0.2, 0) is 0 Å². The van der Waals surface area contributed by atoms with Crippen molar-refractivity contribution in [3.05, 3.63) is 40.2 Å². The van der Waals surface area contributed by atoms with Crippen LogP contribution in [-0.4, -0.2) is 9.78 Å². The number of aryl methyl sites for hydroxylation is 2. The normalized spacial score (nSPS) is 12.0. The molecule has 2 aromatic rings. The van der Waals surface area contributed by atoms with Gasteiger partial charge >= 0.3 is 0 Å². The standard InChI is InChI=1S/C21H32N2/c1-12(2)18-10-15(7)11-19(13(3)4)21(18)20-16(8)22-23(14(5)6)17(20)9/h10-14H,1-9H3. The second-order valence-corrected chi connectivity index (χ2v) is 7.71. The summed E-state index contributed by atoms with van der Waals surface area (Å²) in [6, 6.07) is 5.10. The van der Waals surface area contributed by atoms with Gasteiger partial charge in [0.25, 0.3) is 0 Å². The van der Waals surface area contributed by atoms with E-state index in [1.54, 1.807) is 0 Å². The Morgan fingerprint density at radius 3 is 1.61 bits per heavy atom. The molecule has 126 valence electrons. The van der Waals surface area contributed by atoms with Crippen molar-refractivity contribution in [1.82, 2.24) is 9.78 Å². The molecule has 1 aromatic carbocycles. The molecule has 0 aliphatic rings. The Kier molecular flexibility index (Phi) is 5.03. The van der Waals surface area contributed by atoms with E-state index in [2.05, 4.69) is 79.1 Å². The van der Waals surface area contributed by atoms with Crippen LogP contribution in [0.25, 0.3) is 11.1 Å². The van der Waals surface area contributed by atoms with E-state index in [4.69, 9.17) is 5.10 Å². The monoisotopic (exact) mass is 312 g/mol. The van der Waals surface area contributed by atoms with Gasteiger partial charge in [-0.2, -0.15) is 5.10 Å². The van der Waals surface area contributed by atoms with Crippen LogP contribution in [0.1, 0.15) is 87.5 Å². The van der Waals surface area contributed by atoms with Crippen LogP contribution in [0, 0.1) is 20.8 Å². The maximum atomic E-state index is 4.83. The molecule has 0 bridgehead atoms. The van der Waals surface area contributed by atoms with Crippen LogP contribution >= 0.6 is 0 Å². The van der Waals surface area contributed by atoms with Crippen LogP contribution < -0.4 is 0 Å². The van der Waals surface area contributed by atoms with E-state index in [0.717, 1.165) is 5.69 Å². The zero-order chi connectivity index (χ0) is 17.5. The van der Waals surface area contributed by atoms with Crippen molar-refractivity contribution in [3.8, 4) is 11.1 Å². The highest BCUT2D eigenvalue weighted by atomic mass is 15.3. The molecule has 0 unspecified atom stereocenters. The summed E-state index contributed by atoms with van der Waals surface area (Å²) in [7, 11) is 0. The van der Waals surface area contributed by atoms with Crippen LogP contribution in [0.4, 0.5) is 0 Å². The van der Waals surface area contributed by atoms with Gasteiger partial charge in [0.05, 0.1) is 5.69 Å². The maximum absolute atomic E-state index is 4.83. The van der Waals surface area contributed by atoms with Crippen LogP contribution in [0.15, 0.2) is 12.1 Å². The predicted molar refractivity (Wildman–Crippen MR) is 100 cm³/mol. The van der Waals surface area contributed by atoms with Gasteiger partial charge in [0.1, 0.15) is 0 Å². The molecule has 0 saturated carbocycles. The molecule has 2 heteroatoms. The Labute approximate surface area is 141 Å². The minimum absolute atomic E-state index is 0.387. The average molecular weight is 313 g/mol. The van der Waals surface area contributed by atoms with Gasteiger partial charge in [-0.3, -0.25) is 4.68 Å². The second kappa shape index (κ2) is 6.51. The van der Waals surface area contributed by atoms with E-state index in [-0.39, 0.29) is 0 Å². The molecule has 2 nitrogen and oxygen atoms in total. The first-order valence-electron chi connectivity index (χ1n) is 8.85. The molecular formula is C21H32N2. The Morgan fingerprint density at radius 1 is 0.783 bits per heavy atom. The molecule has 0 spiro atoms. The molecule has 2 rings (SSSR count). The number of benzene rings is 1. The first-order chi connectivity index (χ1) is 10.6. The Balaban J connectivity index is 2.87. The lowest BCUT2D eigenvalue weighted by atomic mass is 9.83. The molecule has 0 fully saturated rings. The van der Waals surface area contributed by atoms with Gasteiger partial charge in [-0.25, -0.2) is 0 Å². The fourth-order valence-corrected chi connectivity index (χ4v) is 3.57. The summed E-state index contributed by atoms with van der Waals surface area (Å²) in [5, 5.41) is 4.83. The number of aromatic nitrogens is 2. The van der Waals surface area contributed by atoms with Crippen molar-refractivity contribution >= 4 is 0 Å². The van der Waals surface area contributed by atoms with Gasteiger partial charge in [0, 0.05) is 17.3 Å². The van der Waals surface area contributed by atoms with Gasteiger partial charge in [-0.1, -0.05) is 45.4 Å². The van der Waals surface area contributed by atoms with Crippen molar-refractivity contribution < 1.29 is 0 Å². The summed E-state index contributed by atoms with van der Waals surface area (Å²) >= 11 is 0. The molecule has 1 heterocycles. The number of hydrogen-bond acceptors (Lipinski definition) is 1. The summed E-state index contributed by atoms with van der Waals surface area (Å²) in [6.07, 6.45) is 0. The Bertz CT molecular complexity index is 674. The third-order valence-electron chi connectivity index (χ3n) is 4.65. The molecule has 1 aromatic heterocycles. The lowest BCUT2D eigenvalue weighted by molar-refractivity contribution is 0.516. The van der Waals surface area contributed by atoms with Gasteiger partial charge in [0.2, 0.25) is 0 Å². The fraction of sp³-hybridized carbons (Fsp3) is 0.571. The molecule has 0 N–H and O–H groups in total. The topological polar surface area (TPSA) is 17.8 Å². The molecule has 0 aliphatic carbocycles. The third-order valence-corrected chi connectivity index (χ3v) is 4.65. The third kappa shape index (κ3) is 3.22. The highest BCUT2D eigenvalue weighted by Crippen LogP contribution is 2.40. The van der Waals surface area contributed by atoms with Gasteiger partial charge in [-0.05, 0) is 63.1 Å². The highest BCUT2D eigenvalue weighted by molar-refractivity contribution is 5.76. The number of nitrogens with zero attached hydrogens (tertiary/aromatic N) is 2. The fourth-order valence-electron chi connectivity index (χ4n) is 3.57. The zero-order valence-corrected chi connectivity index (χ0v) is 16.3. The van der Waals surface area contributed by atoms with Crippen molar-refractivity contribution in [2.24, 2.45) is 0 Å². The van der Waals surface area contributed by atoms with E-state index in [1.807, 2.05) is 0 Å². The smallest absolute Gasteiger partial charge is 0.0675 e. The Morgan fingerprint density at radius 2 is 1.26 bits per heavy atom. The zero-order valence-electron chi connectivity index (χ0n) is 16.3. The molecule has 0 radical (unpaired) electrons.